The Hall–Kier alpha value is -3.06. The van der Waals surface area contributed by atoms with Crippen LogP contribution in [0.3, 0.4) is 0 Å². The van der Waals surface area contributed by atoms with E-state index in [4.69, 9.17) is 4.74 Å². The van der Waals surface area contributed by atoms with E-state index in [1.54, 1.807) is 6.08 Å². The van der Waals surface area contributed by atoms with Gasteiger partial charge >= 0.3 is 0 Å². The van der Waals surface area contributed by atoms with E-state index in [1.807, 2.05) is 47.0 Å². The number of ether oxygens (including phenoxy) is 1. The molecule has 3 rings (SSSR count). The fourth-order valence-corrected chi connectivity index (χ4v) is 3.73. The van der Waals surface area contributed by atoms with E-state index < -0.39 is 0 Å². The van der Waals surface area contributed by atoms with Crippen LogP contribution in [0.1, 0.15) is 37.6 Å². The molecule has 31 heavy (non-hydrogen) atoms. The average molecular weight is 437 g/mol. The zero-order chi connectivity index (χ0) is 22.1. The SMILES string of the molecule is C=CCn1c(COc2ccccc2)nnc1SCC(=O)Nc1ccc(C(C)CC)cc1. The summed E-state index contributed by atoms with van der Waals surface area (Å²) in [6, 6.07) is 17.6. The average Bonchev–Trinajstić information content (AvgIpc) is 3.18. The molecule has 0 spiro atoms. The first kappa shape index (κ1) is 22.6. The molecule has 0 bridgehead atoms. The monoisotopic (exact) mass is 436 g/mol. The predicted octanol–water partition coefficient (Wildman–Crippen LogP) is 5.29. The number of nitrogens with zero attached hydrogens (tertiary/aromatic N) is 3. The van der Waals surface area contributed by atoms with Gasteiger partial charge in [0.2, 0.25) is 5.91 Å². The lowest BCUT2D eigenvalue weighted by Crippen LogP contribution is -2.15. The van der Waals surface area contributed by atoms with Crippen molar-refractivity contribution in [2.24, 2.45) is 0 Å². The molecule has 1 amide bonds. The minimum Gasteiger partial charge on any atom is -0.486 e. The summed E-state index contributed by atoms with van der Waals surface area (Å²) in [4.78, 5) is 12.4. The minimum absolute atomic E-state index is 0.0865. The molecule has 1 N–H and O–H groups in total. The van der Waals surface area contributed by atoms with E-state index in [9.17, 15) is 4.79 Å². The highest BCUT2D eigenvalue weighted by atomic mass is 32.2. The normalized spacial score (nSPS) is 11.7. The quantitative estimate of drug-likeness (QED) is 0.327. The Kier molecular flexibility index (Phi) is 8.29. The summed E-state index contributed by atoms with van der Waals surface area (Å²) in [5.74, 6) is 2.12. The molecule has 3 aromatic rings. The highest BCUT2D eigenvalue weighted by Crippen LogP contribution is 2.22. The Bertz CT molecular complexity index is 987. The molecule has 0 saturated heterocycles. The van der Waals surface area contributed by atoms with E-state index in [1.165, 1.54) is 17.3 Å². The van der Waals surface area contributed by atoms with Crippen LogP contribution in [0.15, 0.2) is 72.4 Å². The van der Waals surface area contributed by atoms with Gasteiger partial charge in [0.1, 0.15) is 12.4 Å². The molecule has 2 aromatic carbocycles. The highest BCUT2D eigenvalue weighted by Gasteiger charge is 2.14. The maximum atomic E-state index is 12.4. The molecular weight excluding hydrogens is 408 g/mol. The van der Waals surface area contributed by atoms with Crippen molar-refractivity contribution < 1.29 is 9.53 Å². The van der Waals surface area contributed by atoms with Crippen molar-refractivity contribution in [1.29, 1.82) is 0 Å². The van der Waals surface area contributed by atoms with Gasteiger partial charge in [0, 0.05) is 12.2 Å². The number of amides is 1. The van der Waals surface area contributed by atoms with Crippen LogP contribution in [-0.2, 0) is 17.9 Å². The van der Waals surface area contributed by atoms with Crippen molar-refractivity contribution in [2.75, 3.05) is 11.1 Å². The van der Waals surface area contributed by atoms with Gasteiger partial charge in [-0.1, -0.05) is 62.0 Å². The summed E-state index contributed by atoms with van der Waals surface area (Å²) < 4.78 is 7.70. The van der Waals surface area contributed by atoms with E-state index in [-0.39, 0.29) is 11.7 Å². The summed E-state index contributed by atoms with van der Waals surface area (Å²) in [5, 5.41) is 12.1. The molecule has 1 heterocycles. The van der Waals surface area contributed by atoms with E-state index >= 15 is 0 Å². The number of hydrogen-bond acceptors (Lipinski definition) is 5. The Morgan fingerprint density at radius 2 is 1.94 bits per heavy atom. The number of benzene rings is 2. The van der Waals surface area contributed by atoms with Crippen LogP contribution >= 0.6 is 11.8 Å². The molecular formula is C24H28N4O2S. The first-order chi connectivity index (χ1) is 15.1. The van der Waals surface area contributed by atoms with Gasteiger partial charge in [-0.25, -0.2) is 0 Å². The zero-order valence-electron chi connectivity index (χ0n) is 18.0. The molecule has 0 fully saturated rings. The summed E-state index contributed by atoms with van der Waals surface area (Å²) in [6.07, 6.45) is 2.87. The summed E-state index contributed by atoms with van der Waals surface area (Å²) >= 11 is 1.34. The first-order valence-electron chi connectivity index (χ1n) is 10.3. The summed E-state index contributed by atoms with van der Waals surface area (Å²) in [7, 11) is 0. The maximum Gasteiger partial charge on any atom is 0.234 e. The maximum absolute atomic E-state index is 12.4. The van der Waals surface area contributed by atoms with E-state index in [2.05, 4.69) is 48.1 Å². The number of carbonyl (C=O) groups excluding carboxylic acids is 1. The third-order valence-electron chi connectivity index (χ3n) is 4.92. The number of aromatic nitrogens is 3. The molecule has 0 aliphatic heterocycles. The molecule has 162 valence electrons. The van der Waals surface area contributed by atoms with Crippen LogP contribution in [0.25, 0.3) is 0 Å². The summed E-state index contributed by atoms with van der Waals surface area (Å²) in [5.41, 5.74) is 2.07. The fourth-order valence-electron chi connectivity index (χ4n) is 2.97. The second kappa shape index (κ2) is 11.4. The third-order valence-corrected chi connectivity index (χ3v) is 5.89. The van der Waals surface area contributed by atoms with Gasteiger partial charge in [-0.15, -0.1) is 16.8 Å². The van der Waals surface area contributed by atoms with Gasteiger partial charge < -0.3 is 10.1 Å². The lowest BCUT2D eigenvalue weighted by molar-refractivity contribution is -0.113. The van der Waals surface area contributed by atoms with Crippen molar-refractivity contribution in [3.63, 3.8) is 0 Å². The van der Waals surface area contributed by atoms with Gasteiger partial charge in [-0.05, 0) is 42.2 Å². The minimum atomic E-state index is -0.0865. The number of hydrogen-bond donors (Lipinski definition) is 1. The van der Waals surface area contributed by atoms with Gasteiger partial charge in [-0.3, -0.25) is 9.36 Å². The van der Waals surface area contributed by atoms with Crippen LogP contribution in [0.4, 0.5) is 5.69 Å². The van der Waals surface area contributed by atoms with E-state index in [0.29, 0.717) is 30.1 Å². The van der Waals surface area contributed by atoms with Crippen molar-refractivity contribution in [3.05, 3.63) is 78.6 Å². The van der Waals surface area contributed by atoms with Crippen LogP contribution in [0.2, 0.25) is 0 Å². The van der Waals surface area contributed by atoms with Crippen molar-refractivity contribution in [3.8, 4) is 5.75 Å². The number of thioether (sulfide) groups is 1. The van der Waals surface area contributed by atoms with Crippen molar-refractivity contribution in [1.82, 2.24) is 14.8 Å². The molecule has 6 nitrogen and oxygen atoms in total. The second-order valence-electron chi connectivity index (χ2n) is 7.17. The molecule has 1 atom stereocenters. The Labute approximate surface area is 187 Å². The van der Waals surface area contributed by atoms with Crippen molar-refractivity contribution in [2.45, 2.75) is 44.5 Å². The lowest BCUT2D eigenvalue weighted by atomic mass is 9.99. The van der Waals surface area contributed by atoms with Gasteiger partial charge in [0.25, 0.3) is 0 Å². The predicted molar refractivity (Wildman–Crippen MR) is 125 cm³/mol. The second-order valence-corrected chi connectivity index (χ2v) is 8.11. The number of rotatable bonds is 11. The Morgan fingerprint density at radius 3 is 2.61 bits per heavy atom. The van der Waals surface area contributed by atoms with Gasteiger partial charge in [0.15, 0.2) is 11.0 Å². The fraction of sp³-hybridized carbons (Fsp3) is 0.292. The number of carbonyl (C=O) groups is 1. The van der Waals surface area contributed by atoms with Crippen LogP contribution in [-0.4, -0.2) is 26.4 Å². The Morgan fingerprint density at radius 1 is 1.19 bits per heavy atom. The topological polar surface area (TPSA) is 69.0 Å². The molecule has 1 aromatic heterocycles. The number of allylic oxidation sites excluding steroid dienone is 1. The largest absolute Gasteiger partial charge is 0.486 e. The lowest BCUT2D eigenvalue weighted by Gasteiger charge is -2.11. The number of anilines is 1. The molecule has 0 saturated carbocycles. The van der Waals surface area contributed by atoms with Crippen LogP contribution in [0.5, 0.6) is 5.75 Å². The molecule has 7 heteroatoms. The summed E-state index contributed by atoms with van der Waals surface area (Å²) in [6.45, 7) is 9.01. The van der Waals surface area contributed by atoms with Crippen molar-refractivity contribution >= 4 is 23.4 Å². The zero-order valence-corrected chi connectivity index (χ0v) is 18.8. The molecule has 0 radical (unpaired) electrons. The molecule has 0 aliphatic rings. The van der Waals surface area contributed by atoms with Gasteiger partial charge in [0.05, 0.1) is 5.75 Å². The number of para-hydroxylation sites is 1. The number of nitrogens with one attached hydrogen (secondary N) is 1. The Balaban J connectivity index is 1.57. The molecule has 0 aliphatic carbocycles. The highest BCUT2D eigenvalue weighted by molar-refractivity contribution is 7.99. The van der Waals surface area contributed by atoms with Crippen LogP contribution in [0, 0.1) is 0 Å². The van der Waals surface area contributed by atoms with Crippen LogP contribution < -0.4 is 10.1 Å². The smallest absolute Gasteiger partial charge is 0.234 e. The van der Waals surface area contributed by atoms with Gasteiger partial charge in [-0.2, -0.15) is 0 Å². The van der Waals surface area contributed by atoms with E-state index in [0.717, 1.165) is 17.9 Å². The first-order valence-corrected chi connectivity index (χ1v) is 11.3. The molecule has 1 unspecified atom stereocenters. The third kappa shape index (κ3) is 6.46. The standard InChI is InChI=1S/C24H28N4O2S/c1-4-15-28-22(16-30-21-9-7-6-8-10-21)26-27-24(28)31-17-23(29)25-20-13-11-19(12-14-20)18(3)5-2/h4,6-14,18H,1,5,15-17H2,2-3H3,(H,25,29).